The van der Waals surface area contributed by atoms with Crippen LogP contribution in [-0.2, 0) is 0 Å². The number of benzene rings is 2. The van der Waals surface area contributed by atoms with Crippen LogP contribution in [0, 0.1) is 12.7 Å². The quantitative estimate of drug-likeness (QED) is 0.858. The van der Waals surface area contributed by atoms with E-state index in [2.05, 4.69) is 0 Å². The van der Waals surface area contributed by atoms with Crippen LogP contribution in [-0.4, -0.2) is 5.11 Å². The highest BCUT2D eigenvalue weighted by molar-refractivity contribution is 6.31. The minimum Gasteiger partial charge on any atom is -0.384 e. The van der Waals surface area contributed by atoms with E-state index in [-0.39, 0.29) is 0 Å². The number of hydrogen-bond donors (Lipinski definition) is 1. The van der Waals surface area contributed by atoms with E-state index in [0.29, 0.717) is 16.1 Å². The minimum absolute atomic E-state index is 0.361. The Hall–Kier alpha value is -1.38. The molecule has 0 amide bonds. The molecule has 1 nitrogen and oxygen atoms in total. The summed E-state index contributed by atoms with van der Waals surface area (Å²) in [5.41, 5.74) is 2.19. The monoisotopic (exact) mass is 250 g/mol. The van der Waals surface area contributed by atoms with Gasteiger partial charge in [-0.2, -0.15) is 0 Å². The van der Waals surface area contributed by atoms with E-state index in [1.807, 2.05) is 19.1 Å². The molecule has 2 aromatic carbocycles. The summed E-state index contributed by atoms with van der Waals surface area (Å²) in [6, 6.07) is 11.4. The van der Waals surface area contributed by atoms with Crippen molar-refractivity contribution in [2.45, 2.75) is 13.0 Å². The predicted molar refractivity (Wildman–Crippen MR) is 66.7 cm³/mol. The highest BCUT2D eigenvalue weighted by Crippen LogP contribution is 2.28. The van der Waals surface area contributed by atoms with Crippen LogP contribution in [0.25, 0.3) is 0 Å². The van der Waals surface area contributed by atoms with Crippen LogP contribution >= 0.6 is 11.6 Å². The average molecular weight is 251 g/mol. The molecule has 0 spiro atoms. The Bertz CT molecular complexity index is 522. The summed E-state index contributed by atoms with van der Waals surface area (Å²) >= 11 is 5.95. The molecule has 0 fully saturated rings. The molecule has 0 bridgehead atoms. The molecule has 0 saturated heterocycles. The zero-order chi connectivity index (χ0) is 12.4. The van der Waals surface area contributed by atoms with Gasteiger partial charge in [0, 0.05) is 10.6 Å². The fraction of sp³-hybridized carbons (Fsp3) is 0.143. The Morgan fingerprint density at radius 1 is 1.12 bits per heavy atom. The number of aryl methyl sites for hydroxylation is 1. The summed E-state index contributed by atoms with van der Waals surface area (Å²) in [6.07, 6.45) is -0.904. The normalized spacial score (nSPS) is 12.5. The molecule has 1 unspecified atom stereocenters. The van der Waals surface area contributed by atoms with Gasteiger partial charge in [0.1, 0.15) is 11.9 Å². The van der Waals surface area contributed by atoms with Gasteiger partial charge in [-0.05, 0) is 30.7 Å². The first-order valence-corrected chi connectivity index (χ1v) is 5.65. The van der Waals surface area contributed by atoms with E-state index in [4.69, 9.17) is 11.6 Å². The van der Waals surface area contributed by atoms with E-state index in [1.165, 1.54) is 18.2 Å². The zero-order valence-electron chi connectivity index (χ0n) is 9.32. The maximum absolute atomic E-state index is 13.1. The first-order chi connectivity index (χ1) is 8.08. The largest absolute Gasteiger partial charge is 0.384 e. The Kier molecular flexibility index (Phi) is 3.46. The third-order valence-electron chi connectivity index (χ3n) is 2.65. The SMILES string of the molecule is Cc1ccc(C(O)c2cc(F)ccc2Cl)cc1. The summed E-state index contributed by atoms with van der Waals surface area (Å²) in [5, 5.41) is 10.5. The van der Waals surface area contributed by atoms with Gasteiger partial charge in [0.25, 0.3) is 0 Å². The van der Waals surface area contributed by atoms with Gasteiger partial charge >= 0.3 is 0 Å². The predicted octanol–water partition coefficient (Wildman–Crippen LogP) is 3.87. The van der Waals surface area contributed by atoms with E-state index in [9.17, 15) is 9.50 Å². The molecule has 3 heteroatoms. The van der Waals surface area contributed by atoms with Crippen molar-refractivity contribution in [3.63, 3.8) is 0 Å². The van der Waals surface area contributed by atoms with E-state index in [1.54, 1.807) is 12.1 Å². The van der Waals surface area contributed by atoms with Crippen molar-refractivity contribution in [3.8, 4) is 0 Å². The second-order valence-corrected chi connectivity index (χ2v) is 4.39. The lowest BCUT2D eigenvalue weighted by Crippen LogP contribution is -2.01. The van der Waals surface area contributed by atoms with Crippen LogP contribution in [0.15, 0.2) is 42.5 Å². The van der Waals surface area contributed by atoms with Crippen molar-refractivity contribution < 1.29 is 9.50 Å². The van der Waals surface area contributed by atoms with Gasteiger partial charge in [0.05, 0.1) is 0 Å². The van der Waals surface area contributed by atoms with Crippen LogP contribution in [0.5, 0.6) is 0 Å². The lowest BCUT2D eigenvalue weighted by Gasteiger charge is -2.13. The first kappa shape index (κ1) is 12.1. The summed E-state index contributed by atoms with van der Waals surface area (Å²) < 4.78 is 13.1. The number of hydrogen-bond acceptors (Lipinski definition) is 1. The summed E-state index contributed by atoms with van der Waals surface area (Å²) in [5.74, 6) is -0.407. The third kappa shape index (κ3) is 2.65. The Morgan fingerprint density at radius 2 is 1.76 bits per heavy atom. The van der Waals surface area contributed by atoms with Crippen LogP contribution in [0.2, 0.25) is 5.02 Å². The lowest BCUT2D eigenvalue weighted by atomic mass is 10.0. The summed E-state index contributed by atoms with van der Waals surface area (Å²) in [6.45, 7) is 1.96. The van der Waals surface area contributed by atoms with E-state index in [0.717, 1.165) is 5.56 Å². The van der Waals surface area contributed by atoms with Crippen molar-refractivity contribution in [1.29, 1.82) is 0 Å². The molecule has 2 rings (SSSR count). The standard InChI is InChI=1S/C14H12ClFO/c1-9-2-4-10(5-3-9)14(17)12-8-11(16)6-7-13(12)15/h2-8,14,17H,1H3. The topological polar surface area (TPSA) is 20.2 Å². The average Bonchev–Trinajstić information content (AvgIpc) is 2.32. The van der Waals surface area contributed by atoms with Gasteiger partial charge in [0.15, 0.2) is 0 Å². The Labute approximate surface area is 104 Å². The highest BCUT2D eigenvalue weighted by atomic mass is 35.5. The summed E-state index contributed by atoms with van der Waals surface area (Å²) in [7, 11) is 0. The molecule has 88 valence electrons. The molecule has 0 saturated carbocycles. The van der Waals surface area contributed by atoms with Crippen LogP contribution < -0.4 is 0 Å². The first-order valence-electron chi connectivity index (χ1n) is 5.27. The molecular formula is C14H12ClFO. The molecule has 1 N–H and O–H groups in total. The Balaban J connectivity index is 2.39. The molecule has 2 aromatic rings. The van der Waals surface area contributed by atoms with Gasteiger partial charge in [-0.1, -0.05) is 41.4 Å². The second-order valence-electron chi connectivity index (χ2n) is 3.98. The fourth-order valence-corrected chi connectivity index (χ4v) is 1.87. The molecule has 17 heavy (non-hydrogen) atoms. The van der Waals surface area contributed by atoms with Gasteiger partial charge in [0.2, 0.25) is 0 Å². The lowest BCUT2D eigenvalue weighted by molar-refractivity contribution is 0.220. The van der Waals surface area contributed by atoms with Crippen molar-refractivity contribution in [3.05, 3.63) is 70.0 Å². The molecule has 0 aliphatic heterocycles. The van der Waals surface area contributed by atoms with E-state index >= 15 is 0 Å². The van der Waals surface area contributed by atoms with Gasteiger partial charge in [-0.3, -0.25) is 0 Å². The van der Waals surface area contributed by atoms with Gasteiger partial charge < -0.3 is 5.11 Å². The minimum atomic E-state index is -0.904. The Morgan fingerprint density at radius 3 is 2.41 bits per heavy atom. The number of rotatable bonds is 2. The molecule has 0 radical (unpaired) electrons. The molecular weight excluding hydrogens is 239 g/mol. The number of aliphatic hydroxyl groups is 1. The smallest absolute Gasteiger partial charge is 0.123 e. The zero-order valence-corrected chi connectivity index (χ0v) is 10.1. The second kappa shape index (κ2) is 4.86. The third-order valence-corrected chi connectivity index (χ3v) is 2.99. The number of aliphatic hydroxyl groups excluding tert-OH is 1. The molecule has 1 atom stereocenters. The molecule has 0 aliphatic rings. The summed E-state index contributed by atoms with van der Waals surface area (Å²) in [4.78, 5) is 0. The molecule has 0 aliphatic carbocycles. The highest BCUT2D eigenvalue weighted by Gasteiger charge is 2.14. The van der Waals surface area contributed by atoms with Crippen LogP contribution in [0.1, 0.15) is 22.8 Å². The van der Waals surface area contributed by atoms with Gasteiger partial charge in [-0.25, -0.2) is 4.39 Å². The van der Waals surface area contributed by atoms with E-state index < -0.39 is 11.9 Å². The van der Waals surface area contributed by atoms with Crippen LogP contribution in [0.4, 0.5) is 4.39 Å². The van der Waals surface area contributed by atoms with Crippen molar-refractivity contribution in [1.82, 2.24) is 0 Å². The van der Waals surface area contributed by atoms with Crippen molar-refractivity contribution in [2.24, 2.45) is 0 Å². The van der Waals surface area contributed by atoms with Crippen molar-refractivity contribution >= 4 is 11.6 Å². The van der Waals surface area contributed by atoms with Gasteiger partial charge in [-0.15, -0.1) is 0 Å². The maximum Gasteiger partial charge on any atom is 0.123 e. The maximum atomic E-state index is 13.1. The van der Waals surface area contributed by atoms with Crippen molar-refractivity contribution in [2.75, 3.05) is 0 Å². The number of halogens is 2. The van der Waals surface area contributed by atoms with Crippen LogP contribution in [0.3, 0.4) is 0 Å². The fourth-order valence-electron chi connectivity index (χ4n) is 1.65. The molecule has 0 heterocycles. The molecule has 0 aromatic heterocycles.